The van der Waals surface area contributed by atoms with Crippen molar-refractivity contribution in [2.75, 3.05) is 19.0 Å². The summed E-state index contributed by atoms with van der Waals surface area (Å²) in [5.41, 5.74) is 4.03. The molecule has 196 valence electrons. The normalized spacial score (nSPS) is 14.2. The van der Waals surface area contributed by atoms with Gasteiger partial charge in [-0.2, -0.15) is 0 Å². The molecule has 1 aliphatic heterocycles. The second-order valence-corrected chi connectivity index (χ2v) is 10.3. The Morgan fingerprint density at radius 1 is 1.00 bits per heavy atom. The third kappa shape index (κ3) is 6.32. The predicted octanol–water partition coefficient (Wildman–Crippen LogP) is 6.87. The van der Waals surface area contributed by atoms with Crippen LogP contribution in [0.25, 0.3) is 6.08 Å². The first-order chi connectivity index (χ1) is 18.2. The molecule has 0 unspecified atom stereocenters. The molecular formula is C28H24Cl2N2O5S. The Balaban J connectivity index is 1.43. The number of anilines is 1. The number of ether oxygens (including phenoxy) is 2. The van der Waals surface area contributed by atoms with Crippen molar-refractivity contribution in [1.29, 1.82) is 0 Å². The summed E-state index contributed by atoms with van der Waals surface area (Å²) in [5, 5.41) is 3.15. The minimum absolute atomic E-state index is 0.0270. The largest absolute Gasteiger partial charge is 0.493 e. The molecule has 7 nitrogen and oxygen atoms in total. The number of imide groups is 1. The first-order valence-corrected chi connectivity index (χ1v) is 13.1. The van der Waals surface area contributed by atoms with Crippen LogP contribution in [0.5, 0.6) is 11.5 Å². The summed E-state index contributed by atoms with van der Waals surface area (Å²) in [6, 6.07) is 15.7. The van der Waals surface area contributed by atoms with E-state index in [-0.39, 0.29) is 24.0 Å². The summed E-state index contributed by atoms with van der Waals surface area (Å²) < 4.78 is 11.1. The topological polar surface area (TPSA) is 84.9 Å². The number of hydrogen-bond donors (Lipinski definition) is 1. The molecule has 0 saturated carbocycles. The highest BCUT2D eigenvalue weighted by atomic mass is 35.5. The fourth-order valence-electron chi connectivity index (χ4n) is 3.68. The number of rotatable bonds is 8. The van der Waals surface area contributed by atoms with E-state index in [1.807, 2.05) is 32.0 Å². The molecule has 0 spiro atoms. The Labute approximate surface area is 234 Å². The SMILES string of the molecule is COc1cc(/C=C2\SC(=O)N(Cc3c(Cl)cccc3Cl)C2=O)ccc1OCC(=O)Nc1ccc(C)c(C)c1. The Bertz CT molecular complexity index is 1440. The molecule has 1 aliphatic rings. The lowest BCUT2D eigenvalue weighted by molar-refractivity contribution is -0.123. The van der Waals surface area contributed by atoms with Crippen LogP contribution in [0.2, 0.25) is 10.0 Å². The van der Waals surface area contributed by atoms with Crippen LogP contribution in [0.1, 0.15) is 22.3 Å². The fourth-order valence-corrected chi connectivity index (χ4v) is 5.04. The van der Waals surface area contributed by atoms with Gasteiger partial charge in [0.1, 0.15) is 0 Å². The number of carbonyl (C=O) groups is 3. The summed E-state index contributed by atoms with van der Waals surface area (Å²) in [6.45, 7) is 3.73. The fraction of sp³-hybridized carbons (Fsp3) is 0.179. The van der Waals surface area contributed by atoms with Crippen LogP contribution in [0.3, 0.4) is 0 Å². The lowest BCUT2D eigenvalue weighted by Gasteiger charge is -2.14. The first kappa shape index (κ1) is 27.6. The lowest BCUT2D eigenvalue weighted by atomic mass is 10.1. The van der Waals surface area contributed by atoms with Gasteiger partial charge in [0.2, 0.25) is 0 Å². The van der Waals surface area contributed by atoms with Crippen molar-refractivity contribution in [3.8, 4) is 11.5 Å². The number of aryl methyl sites for hydroxylation is 2. The van der Waals surface area contributed by atoms with Crippen LogP contribution in [-0.4, -0.2) is 35.7 Å². The third-order valence-electron chi connectivity index (χ3n) is 5.89. The number of halogens is 2. The molecule has 1 N–H and O–H groups in total. The summed E-state index contributed by atoms with van der Waals surface area (Å²) >= 11 is 13.2. The Kier molecular flexibility index (Phi) is 8.66. The van der Waals surface area contributed by atoms with E-state index in [4.69, 9.17) is 32.7 Å². The Hall–Kier alpha value is -3.46. The maximum atomic E-state index is 13.0. The molecule has 0 radical (unpaired) electrons. The number of benzene rings is 3. The summed E-state index contributed by atoms with van der Waals surface area (Å²) in [7, 11) is 1.47. The van der Waals surface area contributed by atoms with Crippen LogP contribution in [0, 0.1) is 13.8 Å². The zero-order chi connectivity index (χ0) is 27.4. The van der Waals surface area contributed by atoms with E-state index in [0.717, 1.165) is 27.8 Å². The minimum atomic E-state index is -0.446. The van der Waals surface area contributed by atoms with Crippen molar-refractivity contribution in [3.05, 3.63) is 91.8 Å². The molecule has 0 aliphatic carbocycles. The maximum absolute atomic E-state index is 13.0. The zero-order valence-corrected chi connectivity index (χ0v) is 23.2. The first-order valence-electron chi connectivity index (χ1n) is 11.5. The molecule has 3 amide bonds. The molecule has 4 rings (SSSR count). The predicted molar refractivity (Wildman–Crippen MR) is 151 cm³/mol. The monoisotopic (exact) mass is 570 g/mol. The second-order valence-electron chi connectivity index (χ2n) is 8.51. The Morgan fingerprint density at radius 3 is 2.42 bits per heavy atom. The third-order valence-corrected chi connectivity index (χ3v) is 7.50. The van der Waals surface area contributed by atoms with Gasteiger partial charge in [0.25, 0.3) is 17.1 Å². The molecule has 38 heavy (non-hydrogen) atoms. The number of hydrogen-bond acceptors (Lipinski definition) is 6. The van der Waals surface area contributed by atoms with Gasteiger partial charge in [-0.3, -0.25) is 19.3 Å². The van der Waals surface area contributed by atoms with E-state index in [9.17, 15) is 14.4 Å². The minimum Gasteiger partial charge on any atom is -0.493 e. The van der Waals surface area contributed by atoms with Gasteiger partial charge in [0.05, 0.1) is 18.6 Å². The molecule has 3 aromatic carbocycles. The van der Waals surface area contributed by atoms with Gasteiger partial charge in [-0.15, -0.1) is 0 Å². The average Bonchev–Trinajstić information content (AvgIpc) is 3.14. The van der Waals surface area contributed by atoms with E-state index < -0.39 is 11.1 Å². The number of nitrogens with one attached hydrogen (secondary N) is 1. The zero-order valence-electron chi connectivity index (χ0n) is 20.8. The Morgan fingerprint density at radius 2 is 1.74 bits per heavy atom. The smallest absolute Gasteiger partial charge is 0.293 e. The summed E-state index contributed by atoms with van der Waals surface area (Å²) in [5.74, 6) is -0.0221. The maximum Gasteiger partial charge on any atom is 0.293 e. The lowest BCUT2D eigenvalue weighted by Crippen LogP contribution is -2.27. The van der Waals surface area contributed by atoms with E-state index in [1.165, 1.54) is 7.11 Å². The highest BCUT2D eigenvalue weighted by molar-refractivity contribution is 8.18. The average molecular weight is 571 g/mol. The number of carbonyl (C=O) groups excluding carboxylic acids is 3. The standard InChI is InChI=1S/C28H24Cl2N2O5S/c1-16-7-9-19(11-17(16)2)31-26(33)15-37-23-10-8-18(12-24(23)36-3)13-25-27(34)32(28(35)38-25)14-20-21(29)5-4-6-22(20)30/h4-13H,14-15H2,1-3H3,(H,31,33)/b25-13-. The number of thioether (sulfide) groups is 1. The molecule has 10 heteroatoms. The number of nitrogens with zero attached hydrogens (tertiary/aromatic N) is 1. The van der Waals surface area contributed by atoms with Gasteiger partial charge in [-0.1, -0.05) is 41.4 Å². The van der Waals surface area contributed by atoms with Crippen LogP contribution in [-0.2, 0) is 16.1 Å². The number of amides is 3. The van der Waals surface area contributed by atoms with Crippen molar-refractivity contribution in [2.24, 2.45) is 0 Å². The molecule has 1 saturated heterocycles. The van der Waals surface area contributed by atoms with Gasteiger partial charge >= 0.3 is 0 Å². The van der Waals surface area contributed by atoms with Gasteiger partial charge in [0, 0.05) is 21.3 Å². The van der Waals surface area contributed by atoms with Gasteiger partial charge < -0.3 is 14.8 Å². The van der Waals surface area contributed by atoms with Crippen LogP contribution >= 0.6 is 35.0 Å². The molecule has 1 heterocycles. The van der Waals surface area contributed by atoms with Gasteiger partial charge in [-0.25, -0.2) is 0 Å². The van der Waals surface area contributed by atoms with Gasteiger partial charge in [0.15, 0.2) is 18.1 Å². The van der Waals surface area contributed by atoms with Crippen LogP contribution in [0.15, 0.2) is 59.5 Å². The van der Waals surface area contributed by atoms with E-state index in [2.05, 4.69) is 5.32 Å². The molecule has 1 fully saturated rings. The summed E-state index contributed by atoms with van der Waals surface area (Å²) in [6.07, 6.45) is 1.60. The van der Waals surface area contributed by atoms with E-state index in [0.29, 0.717) is 38.4 Å². The highest BCUT2D eigenvalue weighted by Gasteiger charge is 2.35. The quantitative estimate of drug-likeness (QED) is 0.297. The molecular weight excluding hydrogens is 547 g/mol. The van der Waals surface area contributed by atoms with Gasteiger partial charge in [-0.05, 0) is 84.8 Å². The van der Waals surface area contributed by atoms with Crippen LogP contribution in [0.4, 0.5) is 10.5 Å². The van der Waals surface area contributed by atoms with Crippen molar-refractivity contribution in [3.63, 3.8) is 0 Å². The van der Waals surface area contributed by atoms with E-state index in [1.54, 1.807) is 42.5 Å². The van der Waals surface area contributed by atoms with Crippen molar-refractivity contribution in [2.45, 2.75) is 20.4 Å². The highest BCUT2D eigenvalue weighted by Crippen LogP contribution is 2.37. The number of methoxy groups -OCH3 is 1. The van der Waals surface area contributed by atoms with Crippen molar-refractivity contribution >= 4 is 63.8 Å². The summed E-state index contributed by atoms with van der Waals surface area (Å²) in [4.78, 5) is 39.3. The van der Waals surface area contributed by atoms with Crippen molar-refractivity contribution < 1.29 is 23.9 Å². The molecule has 3 aromatic rings. The second kappa shape index (κ2) is 11.9. The molecule has 0 bridgehead atoms. The van der Waals surface area contributed by atoms with Crippen LogP contribution < -0.4 is 14.8 Å². The molecule has 0 aromatic heterocycles. The van der Waals surface area contributed by atoms with Crippen molar-refractivity contribution in [1.82, 2.24) is 4.90 Å². The molecule has 0 atom stereocenters. The van der Waals surface area contributed by atoms with E-state index >= 15 is 0 Å².